The van der Waals surface area contributed by atoms with Crippen molar-refractivity contribution in [3.8, 4) is 0 Å². The second-order valence-electron chi connectivity index (χ2n) is 22.2. The van der Waals surface area contributed by atoms with Crippen LogP contribution in [-0.4, -0.2) is 201 Å². The third-order valence-corrected chi connectivity index (χ3v) is 16.0. The van der Waals surface area contributed by atoms with Crippen LogP contribution in [0.2, 0.25) is 0 Å². The molecule has 0 aliphatic carbocycles. The molecule has 0 radical (unpaired) electrons. The first-order valence-corrected chi connectivity index (χ1v) is 28.8. The van der Waals surface area contributed by atoms with Gasteiger partial charge in [-0.2, -0.15) is 0 Å². The van der Waals surface area contributed by atoms with Crippen molar-refractivity contribution in [1.82, 2.24) is 0 Å². The Bertz CT molecular complexity index is 1830. The van der Waals surface area contributed by atoms with Crippen molar-refractivity contribution in [1.29, 1.82) is 0 Å². The van der Waals surface area contributed by atoms with Crippen LogP contribution in [0.25, 0.3) is 0 Å². The van der Waals surface area contributed by atoms with Gasteiger partial charge in [0, 0.05) is 6.42 Å². The van der Waals surface area contributed by atoms with Crippen LogP contribution >= 0.6 is 0 Å². The lowest BCUT2D eigenvalue weighted by Crippen LogP contribution is -2.68. The zero-order chi connectivity index (χ0) is 57.5. The molecule has 78 heavy (non-hydrogen) atoms. The van der Waals surface area contributed by atoms with Crippen molar-refractivity contribution in [2.24, 2.45) is 17.8 Å². The summed E-state index contributed by atoms with van der Waals surface area (Å²) in [6.45, 7) is 15.6. The fourth-order valence-corrected chi connectivity index (χ4v) is 9.98. The number of hydrogen-bond acceptors (Lipinski definition) is 23. The summed E-state index contributed by atoms with van der Waals surface area (Å²) in [5.41, 5.74) is 0. The third-order valence-electron chi connectivity index (χ3n) is 16.0. The second-order valence-corrected chi connectivity index (χ2v) is 22.2. The van der Waals surface area contributed by atoms with E-state index in [2.05, 4.69) is 6.92 Å². The van der Waals surface area contributed by atoms with Crippen LogP contribution in [0.1, 0.15) is 166 Å². The number of rotatable bonds is 16. The molecule has 23 nitrogen and oxygen atoms in total. The lowest BCUT2D eigenvalue weighted by molar-refractivity contribution is -0.399. The van der Waals surface area contributed by atoms with E-state index in [9.17, 15) is 54.9 Å². The van der Waals surface area contributed by atoms with E-state index in [-0.39, 0.29) is 12.5 Å². The fraction of sp³-hybridized carbons (Fsp3) is 0.927. The highest BCUT2D eigenvalue weighted by Gasteiger charge is 2.58. The van der Waals surface area contributed by atoms with Gasteiger partial charge >= 0.3 is 23.9 Å². The van der Waals surface area contributed by atoms with Gasteiger partial charge in [-0.05, 0) is 66.7 Å². The Balaban J connectivity index is 1.59. The first kappa shape index (κ1) is 66.1. The normalized spacial score (nSPS) is 40.4. The first-order chi connectivity index (χ1) is 37.0. The summed E-state index contributed by atoms with van der Waals surface area (Å²) in [6, 6.07) is 0. The monoisotopic (exact) mass is 1120 g/mol. The summed E-state index contributed by atoms with van der Waals surface area (Å²) < 4.78 is 74.7. The summed E-state index contributed by atoms with van der Waals surface area (Å²) in [5, 5.41) is 80.1. The fourth-order valence-electron chi connectivity index (χ4n) is 9.98. The van der Waals surface area contributed by atoms with Crippen LogP contribution in [0.15, 0.2) is 0 Å². The number of ether oxygens (including phenoxy) is 12. The maximum absolute atomic E-state index is 14.1. The molecule has 5 aliphatic rings. The molecule has 5 saturated heterocycles. The second kappa shape index (κ2) is 31.6. The molecule has 5 aliphatic heterocycles. The molecule has 0 amide bonds. The van der Waals surface area contributed by atoms with Crippen molar-refractivity contribution >= 4 is 23.9 Å². The van der Waals surface area contributed by atoms with E-state index >= 15 is 0 Å². The molecule has 7 N–H and O–H groups in total. The lowest BCUT2D eigenvalue weighted by atomic mass is 9.95. The Morgan fingerprint density at radius 2 is 1.12 bits per heavy atom. The summed E-state index contributed by atoms with van der Waals surface area (Å²) in [6.07, 6.45) is -23.0. The van der Waals surface area contributed by atoms with Crippen LogP contribution in [0.5, 0.6) is 0 Å². The Labute approximate surface area is 459 Å². The maximum Gasteiger partial charge on any atom is 0.311 e. The summed E-state index contributed by atoms with van der Waals surface area (Å²) in [4.78, 5) is 53.9. The lowest BCUT2D eigenvalue weighted by Gasteiger charge is -2.50. The van der Waals surface area contributed by atoms with Gasteiger partial charge in [0.05, 0.1) is 48.3 Å². The number of aliphatic hydroxyl groups excluding tert-OH is 7. The van der Waals surface area contributed by atoms with Gasteiger partial charge in [-0.3, -0.25) is 19.2 Å². The SMILES string of the molecule is CCCCC[C@H]1CCCCCCCCCC(=O)O[C@@H]2[C@@H](O[C@@H]3O[C@H](C)[C@@H](OC(=O)[C@@H](C)CC)[C@H](O)[C@H]3O)[C@H](C)O[C@@H](O[C@H]3[C@H](O[C@H]4[C@H](O1)O[C@H](C)[C@@H](O)[C@@H]4O)O[C@H](COC(=O)[C@H](C)[C@@H](C)O)[C@@H](O)[C@@H]3O)[C@@H]2OC(=O)[C@@H](C)CC. The molecule has 0 spiro atoms. The topological polar surface area (TPSA) is 321 Å². The maximum atomic E-state index is 14.1. The number of hydrogen-bond donors (Lipinski definition) is 7. The van der Waals surface area contributed by atoms with Crippen LogP contribution < -0.4 is 0 Å². The van der Waals surface area contributed by atoms with E-state index in [0.717, 1.165) is 51.4 Å². The third kappa shape index (κ3) is 17.6. The molecule has 5 fully saturated rings. The minimum Gasteiger partial charge on any atom is -0.463 e. The van der Waals surface area contributed by atoms with Crippen molar-refractivity contribution in [3.63, 3.8) is 0 Å². The van der Waals surface area contributed by atoms with Gasteiger partial charge in [-0.1, -0.05) is 92.4 Å². The minimum atomic E-state index is -2.02. The van der Waals surface area contributed by atoms with E-state index in [1.807, 2.05) is 0 Å². The van der Waals surface area contributed by atoms with Gasteiger partial charge in [-0.15, -0.1) is 0 Å². The predicted octanol–water partition coefficient (Wildman–Crippen LogP) is 3.14. The Morgan fingerprint density at radius 3 is 1.73 bits per heavy atom. The van der Waals surface area contributed by atoms with Gasteiger partial charge in [0.2, 0.25) is 0 Å². The van der Waals surface area contributed by atoms with Crippen LogP contribution in [0.3, 0.4) is 0 Å². The van der Waals surface area contributed by atoms with Crippen LogP contribution in [0.4, 0.5) is 0 Å². The van der Waals surface area contributed by atoms with E-state index in [4.69, 9.17) is 56.8 Å². The number of carbonyl (C=O) groups is 4. The Hall–Kier alpha value is -2.72. The molecule has 5 heterocycles. The van der Waals surface area contributed by atoms with Crippen molar-refractivity contribution in [2.45, 2.75) is 301 Å². The first-order valence-electron chi connectivity index (χ1n) is 28.8. The minimum absolute atomic E-state index is 0.0645. The van der Waals surface area contributed by atoms with E-state index < -0.39 is 177 Å². The Kier molecular flexibility index (Phi) is 26.8. The summed E-state index contributed by atoms with van der Waals surface area (Å²) >= 11 is 0. The number of carbonyl (C=O) groups excluding carboxylic acids is 4. The number of aliphatic hydroxyl groups is 7. The molecule has 0 aromatic heterocycles. The zero-order valence-electron chi connectivity index (χ0n) is 47.4. The molecule has 0 unspecified atom stereocenters. The molecule has 452 valence electrons. The van der Waals surface area contributed by atoms with E-state index in [0.29, 0.717) is 38.5 Å². The highest BCUT2D eigenvalue weighted by atomic mass is 16.8. The summed E-state index contributed by atoms with van der Waals surface area (Å²) in [7, 11) is 0. The highest BCUT2D eigenvalue weighted by Crippen LogP contribution is 2.38. The molecular weight excluding hydrogens is 1030 g/mol. The molecule has 25 atom stereocenters. The van der Waals surface area contributed by atoms with Gasteiger partial charge in [0.15, 0.2) is 43.5 Å². The van der Waals surface area contributed by atoms with Crippen molar-refractivity contribution in [3.05, 3.63) is 0 Å². The molecular formula is C55H94O23. The highest BCUT2D eigenvalue weighted by molar-refractivity contribution is 5.73. The van der Waals surface area contributed by atoms with Crippen molar-refractivity contribution < 1.29 is 112 Å². The molecule has 0 aromatic carbocycles. The molecule has 2 bridgehead atoms. The quantitative estimate of drug-likeness (QED) is 0.0663. The summed E-state index contributed by atoms with van der Waals surface area (Å²) in [5.74, 6) is -5.21. The van der Waals surface area contributed by atoms with Crippen LogP contribution in [0, 0.1) is 17.8 Å². The molecule has 0 aromatic rings. The average Bonchev–Trinajstić information content (AvgIpc) is 3.43. The average molecular weight is 1120 g/mol. The van der Waals surface area contributed by atoms with Gasteiger partial charge < -0.3 is 92.6 Å². The number of esters is 4. The van der Waals surface area contributed by atoms with Gasteiger partial charge in [0.25, 0.3) is 0 Å². The van der Waals surface area contributed by atoms with E-state index in [1.54, 1.807) is 34.6 Å². The zero-order valence-corrected chi connectivity index (χ0v) is 47.4. The van der Waals surface area contributed by atoms with Crippen molar-refractivity contribution in [2.75, 3.05) is 6.61 Å². The molecule has 5 rings (SSSR count). The smallest absolute Gasteiger partial charge is 0.311 e. The Morgan fingerprint density at radius 1 is 0.564 bits per heavy atom. The molecule has 23 heteroatoms. The standard InChI is InChI=1S/C55H94O23/c1-11-14-20-23-34-24-21-18-16-15-17-19-22-25-36(57)73-47-44(76-52-42(63)41(62)43(32(9)69-52)74-49(64)27(4)12-2)33(10)70-55(48(47)75-50(65)28(5)13-3)78-46-40(61)38(59)35(26-67-51(66)29(6)30(7)56)72-54(46)77-45-39(60)37(58)31(8)68-53(45)71-34/h27-35,37-48,52-56,58-63H,11-26H2,1-10H3/t27-,28-,29+,30+,31+,32+,33-,34-,35+,37+,38+,39-,40-,41+,42+,43+,44-,45+,46+,47+,48+,52-,53-,54-,55-/m0/s1. The predicted molar refractivity (Wildman–Crippen MR) is 273 cm³/mol. The van der Waals surface area contributed by atoms with Crippen LogP contribution in [-0.2, 0) is 76.0 Å². The van der Waals surface area contributed by atoms with E-state index in [1.165, 1.54) is 27.7 Å². The number of unbranched alkanes of at least 4 members (excludes halogenated alkanes) is 2. The van der Waals surface area contributed by atoms with Gasteiger partial charge in [-0.25, -0.2) is 0 Å². The molecule has 0 saturated carbocycles. The van der Waals surface area contributed by atoms with Gasteiger partial charge in [0.1, 0.15) is 67.6 Å². The largest absolute Gasteiger partial charge is 0.463 e. The number of fused-ring (bicyclic) bond motifs is 4.